The van der Waals surface area contributed by atoms with Crippen molar-refractivity contribution in [2.75, 3.05) is 0 Å². The fourth-order valence-electron chi connectivity index (χ4n) is 2.11. The summed E-state index contributed by atoms with van der Waals surface area (Å²) >= 11 is 0. The van der Waals surface area contributed by atoms with Crippen LogP contribution in [-0.2, 0) is 4.79 Å². The summed E-state index contributed by atoms with van der Waals surface area (Å²) in [6.07, 6.45) is -2.22. The topological polar surface area (TPSA) is 198 Å². The number of rotatable bonds is 4. The summed E-state index contributed by atoms with van der Waals surface area (Å²) in [5, 5.41) is 35.9. The molecule has 1 saturated carbocycles. The lowest BCUT2D eigenvalue weighted by Gasteiger charge is -2.34. The Balaban J connectivity index is 3.22. The normalized spacial score (nSPS) is 33.6. The van der Waals surface area contributed by atoms with E-state index in [0.29, 0.717) is 0 Å². The molecular formula is C7H9N7O5. The van der Waals surface area contributed by atoms with Crippen LogP contribution >= 0.6 is 0 Å². The molecule has 0 spiro atoms. The zero-order valence-electron chi connectivity index (χ0n) is 9.34. The van der Waals surface area contributed by atoms with Crippen molar-refractivity contribution in [3.05, 3.63) is 31.0 Å². The van der Waals surface area contributed by atoms with E-state index in [9.17, 15) is 20.0 Å². The van der Waals surface area contributed by atoms with Crippen molar-refractivity contribution in [3.63, 3.8) is 0 Å². The fraction of sp³-hybridized carbons (Fsp3) is 0.857. The van der Waals surface area contributed by atoms with E-state index in [2.05, 4.69) is 20.1 Å². The highest BCUT2D eigenvalue weighted by Gasteiger charge is 2.53. The first-order valence-corrected chi connectivity index (χ1v) is 5.06. The molecule has 0 radical (unpaired) electrons. The first kappa shape index (κ1) is 14.5. The van der Waals surface area contributed by atoms with Gasteiger partial charge in [-0.25, -0.2) is 0 Å². The Labute approximate surface area is 105 Å². The average molecular weight is 271 g/mol. The second-order valence-electron chi connectivity index (χ2n) is 3.91. The van der Waals surface area contributed by atoms with Crippen molar-refractivity contribution in [2.24, 2.45) is 16.1 Å². The lowest BCUT2D eigenvalue weighted by molar-refractivity contribution is -0.545. The second-order valence-corrected chi connectivity index (χ2v) is 3.91. The maximum Gasteiger partial charge on any atom is 0.313 e. The van der Waals surface area contributed by atoms with Crippen LogP contribution in [0.4, 0.5) is 0 Å². The maximum atomic E-state index is 11.0. The Morgan fingerprint density at radius 2 is 1.95 bits per heavy atom. The number of nitro groups is 1. The molecule has 0 bridgehead atoms. The van der Waals surface area contributed by atoms with Gasteiger partial charge in [0, 0.05) is 20.8 Å². The minimum absolute atomic E-state index is 0.383. The van der Waals surface area contributed by atoms with Crippen molar-refractivity contribution in [2.45, 2.75) is 30.7 Å². The Morgan fingerprint density at radius 3 is 2.37 bits per heavy atom. The van der Waals surface area contributed by atoms with Gasteiger partial charge >= 0.3 is 5.97 Å². The van der Waals surface area contributed by atoms with Crippen LogP contribution in [0.15, 0.2) is 10.2 Å². The van der Waals surface area contributed by atoms with Crippen molar-refractivity contribution in [3.8, 4) is 0 Å². The molecule has 0 aromatic rings. The van der Waals surface area contributed by atoms with Gasteiger partial charge in [0.15, 0.2) is 0 Å². The van der Waals surface area contributed by atoms with Crippen LogP contribution in [-0.4, -0.2) is 45.3 Å². The molecule has 12 nitrogen and oxygen atoms in total. The number of aliphatic hydroxyl groups is 1. The van der Waals surface area contributed by atoms with E-state index in [1.807, 2.05) is 0 Å². The van der Waals surface area contributed by atoms with Crippen molar-refractivity contribution >= 4 is 5.97 Å². The molecule has 0 aliphatic heterocycles. The predicted octanol–water partition coefficient (Wildman–Crippen LogP) is 0.455. The molecule has 0 aromatic carbocycles. The summed E-state index contributed by atoms with van der Waals surface area (Å²) in [5.74, 6) is -3.01. The quantitative estimate of drug-likeness (QED) is 0.245. The van der Waals surface area contributed by atoms with Crippen LogP contribution in [0.3, 0.4) is 0 Å². The Bertz CT molecular complexity index is 468. The number of carbonyl (C=O) groups is 1. The van der Waals surface area contributed by atoms with Crippen LogP contribution in [0, 0.1) is 16.0 Å². The van der Waals surface area contributed by atoms with Crippen LogP contribution in [0.5, 0.6) is 0 Å². The first-order chi connectivity index (χ1) is 8.93. The highest BCUT2D eigenvalue weighted by Crippen LogP contribution is 2.31. The number of aliphatic carboxylic acids is 1. The maximum absolute atomic E-state index is 11.0. The third-order valence-corrected chi connectivity index (χ3v) is 2.95. The van der Waals surface area contributed by atoms with E-state index in [0.717, 1.165) is 0 Å². The molecule has 1 aliphatic rings. The first-order valence-electron chi connectivity index (χ1n) is 5.06. The summed E-state index contributed by atoms with van der Waals surface area (Å²) in [7, 11) is 0. The van der Waals surface area contributed by atoms with Gasteiger partial charge < -0.3 is 10.2 Å². The van der Waals surface area contributed by atoms with Gasteiger partial charge in [0.05, 0.1) is 6.04 Å². The molecule has 0 amide bonds. The average Bonchev–Trinajstić information content (AvgIpc) is 2.32. The molecule has 19 heavy (non-hydrogen) atoms. The van der Waals surface area contributed by atoms with Crippen LogP contribution in [0.1, 0.15) is 6.42 Å². The van der Waals surface area contributed by atoms with E-state index < -0.39 is 41.0 Å². The van der Waals surface area contributed by atoms with E-state index in [-0.39, 0.29) is 6.42 Å². The Kier molecular flexibility index (Phi) is 4.48. The zero-order chi connectivity index (χ0) is 14.6. The smallest absolute Gasteiger partial charge is 0.313 e. The standard InChI is InChI=1S/C7H9N7O5/c8-12-10-3-1-2(7(16)17)5(14(18)19)6(15)4(3)11-13-9/h2-6,15H,1H2,(H,16,17)/t2-,3-,4+,5+,6-/m0/s1. The van der Waals surface area contributed by atoms with E-state index in [1.54, 1.807) is 0 Å². The molecule has 1 rings (SSSR count). The van der Waals surface area contributed by atoms with Crippen LogP contribution < -0.4 is 0 Å². The molecule has 12 heteroatoms. The lowest BCUT2D eigenvalue weighted by atomic mass is 9.77. The van der Waals surface area contributed by atoms with Gasteiger partial charge in [0.25, 0.3) is 6.04 Å². The third kappa shape index (κ3) is 2.83. The summed E-state index contributed by atoms with van der Waals surface area (Å²) in [6.45, 7) is 0. The minimum Gasteiger partial charge on any atom is -0.481 e. The molecule has 0 saturated heterocycles. The lowest BCUT2D eigenvalue weighted by Crippen LogP contribution is -2.57. The number of nitrogens with zero attached hydrogens (tertiary/aromatic N) is 7. The summed E-state index contributed by atoms with van der Waals surface area (Å²) < 4.78 is 0. The summed E-state index contributed by atoms with van der Waals surface area (Å²) in [5.41, 5.74) is 16.7. The number of hydrogen-bond acceptors (Lipinski definition) is 6. The molecule has 1 fully saturated rings. The van der Waals surface area contributed by atoms with Gasteiger partial charge in [0.2, 0.25) is 0 Å². The van der Waals surface area contributed by atoms with Crippen molar-refractivity contribution in [1.82, 2.24) is 0 Å². The van der Waals surface area contributed by atoms with Gasteiger partial charge in [-0.3, -0.25) is 14.9 Å². The molecule has 2 N–H and O–H groups in total. The molecule has 0 heterocycles. The molecule has 0 unspecified atom stereocenters. The highest BCUT2D eigenvalue weighted by molar-refractivity contribution is 5.71. The Hall–Kier alpha value is -2.55. The predicted molar refractivity (Wildman–Crippen MR) is 58.4 cm³/mol. The molecule has 0 aromatic heterocycles. The summed E-state index contributed by atoms with van der Waals surface area (Å²) in [6, 6.07) is -4.33. The van der Waals surface area contributed by atoms with E-state index >= 15 is 0 Å². The van der Waals surface area contributed by atoms with E-state index in [4.69, 9.17) is 16.2 Å². The van der Waals surface area contributed by atoms with Gasteiger partial charge in [0.1, 0.15) is 12.0 Å². The number of azide groups is 2. The van der Waals surface area contributed by atoms with Crippen LogP contribution in [0.2, 0.25) is 0 Å². The molecule has 102 valence electrons. The van der Waals surface area contributed by atoms with Gasteiger partial charge in [-0.15, -0.1) is 0 Å². The number of carboxylic acids is 1. The van der Waals surface area contributed by atoms with Gasteiger partial charge in [-0.1, -0.05) is 10.2 Å². The van der Waals surface area contributed by atoms with Crippen molar-refractivity contribution in [1.29, 1.82) is 0 Å². The van der Waals surface area contributed by atoms with Gasteiger partial charge in [-0.2, -0.15) is 0 Å². The number of hydrogen-bond donors (Lipinski definition) is 2. The molecular weight excluding hydrogens is 262 g/mol. The molecule has 5 atom stereocenters. The van der Waals surface area contributed by atoms with Crippen molar-refractivity contribution < 1.29 is 19.9 Å². The SMILES string of the molecule is [N-]=[N+]=N[C@H]1[C@H](O)[C@H]([N+](=O)[O-])[C@@H](C(=O)O)C[C@@H]1N=[N+]=[N-]. The largest absolute Gasteiger partial charge is 0.481 e. The monoisotopic (exact) mass is 271 g/mol. The zero-order valence-corrected chi connectivity index (χ0v) is 9.34. The summed E-state index contributed by atoms with van der Waals surface area (Å²) in [4.78, 5) is 25.8. The van der Waals surface area contributed by atoms with Crippen LogP contribution in [0.25, 0.3) is 20.9 Å². The third-order valence-electron chi connectivity index (χ3n) is 2.95. The highest BCUT2D eigenvalue weighted by atomic mass is 16.6. The van der Waals surface area contributed by atoms with E-state index in [1.165, 1.54) is 0 Å². The minimum atomic E-state index is -1.84. The number of carboxylic acid groups (broad SMARTS) is 1. The molecule has 1 aliphatic carbocycles. The number of aliphatic hydroxyl groups excluding tert-OH is 1. The second kappa shape index (κ2) is 5.87. The Morgan fingerprint density at radius 1 is 1.37 bits per heavy atom. The van der Waals surface area contributed by atoms with Gasteiger partial charge in [-0.05, 0) is 17.5 Å². The fourth-order valence-corrected chi connectivity index (χ4v) is 2.11.